The summed E-state index contributed by atoms with van der Waals surface area (Å²) in [5.74, 6) is 0.960. The zero-order valence-electron chi connectivity index (χ0n) is 14.9. The molecule has 2 heterocycles. The molecule has 144 valence electrons. The Bertz CT molecular complexity index is 850. The summed E-state index contributed by atoms with van der Waals surface area (Å²) in [5, 5.41) is 7.69. The largest absolute Gasteiger partial charge is 0.361 e. The molecule has 3 N–H and O–H groups in total. The Morgan fingerprint density at radius 1 is 1.27 bits per heavy atom. The molecule has 2 aromatic rings. The molecule has 7 nitrogen and oxygen atoms in total. The van der Waals surface area contributed by atoms with Gasteiger partial charge in [-0.1, -0.05) is 18.2 Å². The van der Waals surface area contributed by atoms with Gasteiger partial charge in [0.25, 0.3) is 0 Å². The summed E-state index contributed by atoms with van der Waals surface area (Å²) in [6.07, 6.45) is 3.64. The van der Waals surface area contributed by atoms with E-state index in [1.807, 2.05) is 18.3 Å². The third kappa shape index (κ3) is 5.10. The van der Waals surface area contributed by atoms with Crippen molar-refractivity contribution in [2.45, 2.75) is 12.8 Å². The van der Waals surface area contributed by atoms with E-state index in [2.05, 4.69) is 32.7 Å². The maximum absolute atomic E-state index is 11.8. The molecule has 0 atom stereocenters. The van der Waals surface area contributed by atoms with E-state index in [1.165, 1.54) is 10.9 Å². The van der Waals surface area contributed by atoms with E-state index in [0.717, 1.165) is 24.9 Å². The predicted octanol–water partition coefficient (Wildman–Crippen LogP) is 1.53. The molecule has 0 saturated carbocycles. The molecule has 1 saturated heterocycles. The van der Waals surface area contributed by atoms with E-state index in [-0.39, 0.29) is 29.7 Å². The van der Waals surface area contributed by atoms with Crippen molar-refractivity contribution < 1.29 is 8.42 Å². The number of aromatic nitrogens is 1. The van der Waals surface area contributed by atoms with Crippen molar-refractivity contribution in [2.75, 3.05) is 39.0 Å². The van der Waals surface area contributed by atoms with E-state index < -0.39 is 10.0 Å². The van der Waals surface area contributed by atoms with Crippen molar-refractivity contribution in [1.82, 2.24) is 19.9 Å². The average Bonchev–Trinajstić information content (AvgIpc) is 3.16. The second-order valence-corrected chi connectivity index (χ2v) is 8.19. The summed E-state index contributed by atoms with van der Waals surface area (Å²) in [6, 6.07) is 8.25. The Labute approximate surface area is 171 Å². The number of nitrogens with zero attached hydrogens (tertiary/aromatic N) is 2. The fourth-order valence-corrected chi connectivity index (χ4v) is 4.64. The summed E-state index contributed by atoms with van der Waals surface area (Å²) in [7, 11) is -1.31. The van der Waals surface area contributed by atoms with Crippen LogP contribution in [0.25, 0.3) is 10.9 Å². The predicted molar refractivity (Wildman–Crippen MR) is 117 cm³/mol. The molecule has 0 radical (unpaired) electrons. The Kier molecular flexibility index (Phi) is 7.71. The van der Waals surface area contributed by atoms with Crippen LogP contribution in [0.5, 0.6) is 0 Å². The highest BCUT2D eigenvalue weighted by Crippen LogP contribution is 2.17. The number of para-hydroxylation sites is 1. The number of benzene rings is 1. The van der Waals surface area contributed by atoms with E-state index in [0.29, 0.717) is 25.6 Å². The van der Waals surface area contributed by atoms with Gasteiger partial charge in [0.1, 0.15) is 0 Å². The maximum Gasteiger partial charge on any atom is 0.214 e. The number of guanidine groups is 1. The third-order valence-electron chi connectivity index (χ3n) is 4.44. The van der Waals surface area contributed by atoms with Gasteiger partial charge in [-0.05, 0) is 24.5 Å². The summed E-state index contributed by atoms with van der Waals surface area (Å²) in [4.78, 5) is 7.47. The second kappa shape index (κ2) is 9.56. The van der Waals surface area contributed by atoms with Crippen molar-refractivity contribution in [1.29, 1.82) is 0 Å². The number of aromatic amines is 1. The van der Waals surface area contributed by atoms with Gasteiger partial charge < -0.3 is 15.6 Å². The number of H-pyrrole nitrogens is 1. The summed E-state index contributed by atoms with van der Waals surface area (Å²) in [5.41, 5.74) is 2.41. The molecule has 3 rings (SSSR count). The molecule has 0 bridgehead atoms. The number of fused-ring (bicyclic) bond motifs is 1. The van der Waals surface area contributed by atoms with Crippen LogP contribution >= 0.6 is 24.0 Å². The fraction of sp³-hybridized carbons (Fsp3) is 0.471. The van der Waals surface area contributed by atoms with Crippen LogP contribution in [0, 0.1) is 0 Å². The zero-order chi connectivity index (χ0) is 17.7. The van der Waals surface area contributed by atoms with Gasteiger partial charge in [-0.2, -0.15) is 0 Å². The minimum Gasteiger partial charge on any atom is -0.361 e. The van der Waals surface area contributed by atoms with Gasteiger partial charge in [0, 0.05) is 50.3 Å². The summed E-state index contributed by atoms with van der Waals surface area (Å²) < 4.78 is 25.1. The van der Waals surface area contributed by atoms with Crippen LogP contribution in [0.2, 0.25) is 0 Å². The van der Waals surface area contributed by atoms with Crippen molar-refractivity contribution in [3.05, 3.63) is 36.0 Å². The van der Waals surface area contributed by atoms with Crippen LogP contribution in [-0.4, -0.2) is 62.6 Å². The second-order valence-electron chi connectivity index (χ2n) is 6.10. The molecule has 0 amide bonds. The van der Waals surface area contributed by atoms with E-state index in [1.54, 1.807) is 11.4 Å². The topological polar surface area (TPSA) is 89.6 Å². The smallest absolute Gasteiger partial charge is 0.214 e. The first-order valence-corrected chi connectivity index (χ1v) is 10.2. The van der Waals surface area contributed by atoms with Crippen LogP contribution < -0.4 is 10.6 Å². The molecular weight excluding hydrogens is 465 g/mol. The molecule has 0 aliphatic carbocycles. The van der Waals surface area contributed by atoms with Crippen LogP contribution in [0.1, 0.15) is 12.0 Å². The highest BCUT2D eigenvalue weighted by molar-refractivity contribution is 14.0. The number of hydrogen-bond acceptors (Lipinski definition) is 3. The highest BCUT2D eigenvalue weighted by Gasteiger charge is 2.27. The number of nitrogens with one attached hydrogen (secondary N) is 3. The first-order chi connectivity index (χ1) is 12.1. The average molecular weight is 491 g/mol. The lowest BCUT2D eigenvalue weighted by Crippen LogP contribution is -2.42. The fourth-order valence-electron chi connectivity index (χ4n) is 3.12. The van der Waals surface area contributed by atoms with E-state index in [9.17, 15) is 8.42 Å². The van der Waals surface area contributed by atoms with Gasteiger partial charge in [-0.15, -0.1) is 24.0 Å². The van der Waals surface area contributed by atoms with Crippen molar-refractivity contribution >= 4 is 50.9 Å². The van der Waals surface area contributed by atoms with Crippen LogP contribution in [0.3, 0.4) is 0 Å². The van der Waals surface area contributed by atoms with Gasteiger partial charge in [0.15, 0.2) is 5.96 Å². The lowest BCUT2D eigenvalue weighted by molar-refractivity contribution is 0.445. The molecule has 1 fully saturated rings. The summed E-state index contributed by atoms with van der Waals surface area (Å²) >= 11 is 0. The van der Waals surface area contributed by atoms with Crippen LogP contribution in [-0.2, 0) is 16.4 Å². The van der Waals surface area contributed by atoms with Gasteiger partial charge in [0.2, 0.25) is 10.0 Å². The van der Waals surface area contributed by atoms with Crippen molar-refractivity contribution in [3.8, 4) is 0 Å². The number of sulfonamides is 1. The lowest BCUT2D eigenvalue weighted by Gasteiger charge is -2.16. The Balaban J connectivity index is 0.00000243. The van der Waals surface area contributed by atoms with Gasteiger partial charge >= 0.3 is 0 Å². The zero-order valence-corrected chi connectivity index (χ0v) is 18.0. The molecule has 1 aromatic carbocycles. The molecule has 1 aromatic heterocycles. The SMILES string of the molecule is CN=C(NCCc1c[nH]c2ccccc12)NCCN1CCCS1(=O)=O.I. The van der Waals surface area contributed by atoms with Gasteiger partial charge in [-0.3, -0.25) is 4.99 Å². The maximum atomic E-state index is 11.8. The molecule has 9 heteroatoms. The van der Waals surface area contributed by atoms with Crippen molar-refractivity contribution in [3.63, 3.8) is 0 Å². The number of rotatable bonds is 6. The van der Waals surface area contributed by atoms with Gasteiger partial charge in [0.05, 0.1) is 5.75 Å². The molecular formula is C17H26IN5O2S. The minimum absolute atomic E-state index is 0. The van der Waals surface area contributed by atoms with E-state index >= 15 is 0 Å². The lowest BCUT2D eigenvalue weighted by atomic mass is 10.1. The monoisotopic (exact) mass is 491 g/mol. The first kappa shape index (κ1) is 21.0. The van der Waals surface area contributed by atoms with Gasteiger partial charge in [-0.25, -0.2) is 12.7 Å². The van der Waals surface area contributed by atoms with E-state index in [4.69, 9.17) is 0 Å². The Morgan fingerprint density at radius 2 is 2.04 bits per heavy atom. The first-order valence-electron chi connectivity index (χ1n) is 8.57. The Hall–Kier alpha value is -1.33. The molecule has 0 unspecified atom stereocenters. The third-order valence-corrected chi connectivity index (χ3v) is 6.40. The van der Waals surface area contributed by atoms with Crippen LogP contribution in [0.4, 0.5) is 0 Å². The normalized spacial score (nSPS) is 17.2. The number of aliphatic imine (C=N–C) groups is 1. The number of halogens is 1. The standard InChI is InChI=1S/C17H25N5O2S.HI/c1-18-17(20-9-11-22-10-4-12-25(22,23)24)19-8-7-14-13-21-16-6-3-2-5-15(14)16;/h2-3,5-6,13,21H,4,7-12H2,1H3,(H2,18,19,20);1H. The molecule has 26 heavy (non-hydrogen) atoms. The minimum atomic E-state index is -3.03. The number of hydrogen-bond donors (Lipinski definition) is 3. The highest BCUT2D eigenvalue weighted by atomic mass is 127. The molecule has 0 spiro atoms. The quantitative estimate of drug-likeness (QED) is 0.325. The summed E-state index contributed by atoms with van der Waals surface area (Å²) in [6.45, 7) is 2.40. The Morgan fingerprint density at radius 3 is 2.77 bits per heavy atom. The van der Waals surface area contributed by atoms with Crippen molar-refractivity contribution in [2.24, 2.45) is 4.99 Å². The molecule has 1 aliphatic heterocycles. The van der Waals surface area contributed by atoms with Crippen LogP contribution in [0.15, 0.2) is 35.5 Å². The molecule has 1 aliphatic rings.